The number of rotatable bonds is 4. The third-order valence-corrected chi connectivity index (χ3v) is 5.56. The van der Waals surface area contributed by atoms with Crippen LogP contribution in [0.1, 0.15) is 32.6 Å². The van der Waals surface area contributed by atoms with Crippen molar-refractivity contribution in [2.75, 3.05) is 0 Å². The van der Waals surface area contributed by atoms with Crippen LogP contribution in [0.15, 0.2) is 29.1 Å². The van der Waals surface area contributed by atoms with Gasteiger partial charge in [0.25, 0.3) is 5.56 Å². The van der Waals surface area contributed by atoms with Gasteiger partial charge in [0.1, 0.15) is 11.6 Å². The number of amides is 2. The number of fused-ring (bicyclic) bond motifs is 2. The molecule has 9 nitrogen and oxygen atoms in total. The lowest BCUT2D eigenvalue weighted by atomic mass is 9.81. The number of hydrogen-bond acceptors (Lipinski definition) is 7. The number of likely N-dealkylation sites (tertiary alicyclic amines) is 1. The van der Waals surface area contributed by atoms with E-state index >= 15 is 0 Å². The van der Waals surface area contributed by atoms with Crippen LogP contribution in [0.3, 0.4) is 0 Å². The normalized spacial score (nSPS) is 23.0. The molecule has 146 valence electrons. The summed E-state index contributed by atoms with van der Waals surface area (Å²) < 4.78 is 6.09. The molecule has 1 aromatic heterocycles. The van der Waals surface area contributed by atoms with E-state index in [-0.39, 0.29) is 23.7 Å². The molecule has 1 aliphatic carbocycles. The minimum atomic E-state index is -1.05. The zero-order valence-electron chi connectivity index (χ0n) is 15.4. The second-order valence-corrected chi connectivity index (χ2v) is 7.22. The lowest BCUT2D eigenvalue weighted by Gasteiger charge is -2.21. The average molecular weight is 384 g/mol. The van der Waals surface area contributed by atoms with Gasteiger partial charge in [0.05, 0.1) is 17.2 Å². The second kappa shape index (κ2) is 7.14. The fourth-order valence-corrected chi connectivity index (χ4v) is 4.03. The van der Waals surface area contributed by atoms with E-state index in [1.165, 1.54) is 6.92 Å². The van der Waals surface area contributed by atoms with E-state index in [1.54, 1.807) is 24.3 Å². The Hall–Kier alpha value is -3.10. The average Bonchev–Trinajstić information content (AvgIpc) is 2.97. The number of carbonyl (C=O) groups excluding carboxylic acids is 3. The Morgan fingerprint density at radius 2 is 1.79 bits per heavy atom. The fraction of sp³-hybridized carbons (Fsp3) is 0.474. The van der Waals surface area contributed by atoms with Gasteiger partial charge in [0, 0.05) is 0 Å². The SMILES string of the molecule is C[C@@H](C(=O)OCn1nnc2ccccc2c1=O)N1C(=O)[C@H]2CCCC[C@H]2C1=O. The van der Waals surface area contributed by atoms with Crippen molar-refractivity contribution in [2.24, 2.45) is 11.8 Å². The summed E-state index contributed by atoms with van der Waals surface area (Å²) >= 11 is 0. The Kier molecular flexibility index (Phi) is 4.66. The summed E-state index contributed by atoms with van der Waals surface area (Å²) in [6, 6.07) is 5.66. The minimum Gasteiger partial charge on any atom is -0.441 e. The molecule has 2 fully saturated rings. The molecular weight excluding hydrogens is 364 g/mol. The highest BCUT2D eigenvalue weighted by Gasteiger charge is 2.51. The molecule has 28 heavy (non-hydrogen) atoms. The maximum Gasteiger partial charge on any atom is 0.330 e. The van der Waals surface area contributed by atoms with Crippen molar-refractivity contribution >= 4 is 28.7 Å². The van der Waals surface area contributed by atoms with Crippen LogP contribution in [0.5, 0.6) is 0 Å². The third kappa shape index (κ3) is 2.96. The first kappa shape index (κ1) is 18.3. The smallest absolute Gasteiger partial charge is 0.330 e. The predicted molar refractivity (Wildman–Crippen MR) is 96.7 cm³/mol. The molecule has 0 radical (unpaired) electrons. The Labute approximate surface area is 160 Å². The Bertz CT molecular complexity index is 993. The zero-order chi connectivity index (χ0) is 19.8. The van der Waals surface area contributed by atoms with Crippen molar-refractivity contribution in [1.29, 1.82) is 0 Å². The van der Waals surface area contributed by atoms with Crippen molar-refractivity contribution in [3.8, 4) is 0 Å². The predicted octanol–water partition coefficient (Wildman–Crippen LogP) is 0.856. The summed E-state index contributed by atoms with van der Waals surface area (Å²) in [7, 11) is 0. The number of hydrogen-bond donors (Lipinski definition) is 0. The molecule has 0 unspecified atom stereocenters. The highest BCUT2D eigenvalue weighted by molar-refractivity contribution is 6.07. The molecule has 1 aromatic carbocycles. The molecule has 1 saturated heterocycles. The van der Waals surface area contributed by atoms with Gasteiger partial charge in [-0.15, -0.1) is 5.10 Å². The van der Waals surface area contributed by atoms with Crippen molar-refractivity contribution in [3.63, 3.8) is 0 Å². The van der Waals surface area contributed by atoms with E-state index in [1.807, 2.05) is 0 Å². The molecule has 0 bridgehead atoms. The Balaban J connectivity index is 1.47. The molecule has 2 aromatic rings. The highest BCUT2D eigenvalue weighted by atomic mass is 16.5. The van der Waals surface area contributed by atoms with Crippen molar-refractivity contribution in [3.05, 3.63) is 34.6 Å². The van der Waals surface area contributed by atoms with Gasteiger partial charge in [-0.05, 0) is 31.9 Å². The van der Waals surface area contributed by atoms with Crippen LogP contribution in [0.2, 0.25) is 0 Å². The Morgan fingerprint density at radius 3 is 2.46 bits per heavy atom. The van der Waals surface area contributed by atoms with Gasteiger partial charge < -0.3 is 4.74 Å². The summed E-state index contributed by atoms with van der Waals surface area (Å²) in [5, 5.41) is 8.03. The van der Waals surface area contributed by atoms with Crippen molar-refractivity contribution < 1.29 is 19.1 Å². The summed E-state index contributed by atoms with van der Waals surface area (Å²) in [4.78, 5) is 51.0. The number of carbonyl (C=O) groups is 3. The summed E-state index contributed by atoms with van der Waals surface area (Å²) in [5.41, 5.74) is 0.00436. The lowest BCUT2D eigenvalue weighted by molar-refractivity contribution is -0.161. The number of aromatic nitrogens is 3. The van der Waals surface area contributed by atoms with Crippen LogP contribution >= 0.6 is 0 Å². The molecule has 2 amide bonds. The third-order valence-electron chi connectivity index (χ3n) is 5.56. The number of imide groups is 1. The molecule has 4 rings (SSSR count). The van der Waals surface area contributed by atoms with Crippen LogP contribution in [0.25, 0.3) is 10.9 Å². The fourth-order valence-electron chi connectivity index (χ4n) is 4.03. The highest BCUT2D eigenvalue weighted by Crippen LogP contribution is 2.38. The van der Waals surface area contributed by atoms with Crippen LogP contribution in [-0.2, 0) is 25.9 Å². The largest absolute Gasteiger partial charge is 0.441 e. The molecule has 1 aliphatic heterocycles. The lowest BCUT2D eigenvalue weighted by Crippen LogP contribution is -2.44. The number of ether oxygens (including phenoxy) is 1. The van der Waals surface area contributed by atoms with Gasteiger partial charge >= 0.3 is 5.97 Å². The van der Waals surface area contributed by atoms with Gasteiger partial charge in [-0.2, -0.15) is 4.68 Å². The first-order valence-electron chi connectivity index (χ1n) is 9.35. The topological polar surface area (TPSA) is 111 Å². The number of esters is 1. The van der Waals surface area contributed by atoms with Crippen LogP contribution in [0.4, 0.5) is 0 Å². The number of benzene rings is 1. The molecule has 3 atom stereocenters. The molecule has 1 saturated carbocycles. The van der Waals surface area contributed by atoms with E-state index in [2.05, 4.69) is 10.3 Å². The quantitative estimate of drug-likeness (QED) is 0.567. The minimum absolute atomic E-state index is 0.304. The first-order valence-corrected chi connectivity index (χ1v) is 9.35. The van der Waals surface area contributed by atoms with Crippen molar-refractivity contribution in [2.45, 2.75) is 45.4 Å². The maximum absolute atomic E-state index is 12.6. The van der Waals surface area contributed by atoms with Crippen molar-refractivity contribution in [1.82, 2.24) is 19.9 Å². The van der Waals surface area contributed by atoms with E-state index in [4.69, 9.17) is 4.74 Å². The van der Waals surface area contributed by atoms with Crippen LogP contribution < -0.4 is 5.56 Å². The van der Waals surface area contributed by atoms with Gasteiger partial charge in [0.15, 0.2) is 6.73 Å². The van der Waals surface area contributed by atoms with E-state index in [0.29, 0.717) is 23.7 Å². The van der Waals surface area contributed by atoms with Crippen LogP contribution in [0, 0.1) is 11.8 Å². The summed E-state index contributed by atoms with van der Waals surface area (Å²) in [5.74, 6) is -2.03. The summed E-state index contributed by atoms with van der Waals surface area (Å²) in [6.07, 6.45) is 3.18. The van der Waals surface area contributed by atoms with E-state index in [9.17, 15) is 19.2 Å². The second-order valence-electron chi connectivity index (χ2n) is 7.22. The van der Waals surface area contributed by atoms with E-state index < -0.39 is 24.3 Å². The summed E-state index contributed by atoms with van der Waals surface area (Å²) in [6.45, 7) is 1.02. The molecule has 0 N–H and O–H groups in total. The van der Waals surface area contributed by atoms with Crippen LogP contribution in [-0.4, -0.2) is 43.7 Å². The molecule has 2 aliphatic rings. The van der Waals surface area contributed by atoms with E-state index in [0.717, 1.165) is 22.4 Å². The molecular formula is C19H20N4O5. The molecule has 9 heteroatoms. The molecule has 0 spiro atoms. The van der Waals surface area contributed by atoms with Gasteiger partial charge in [-0.3, -0.25) is 19.3 Å². The standard InChI is InChI=1S/C19H20N4O5/c1-11(23-17(25)12-6-2-3-7-13(12)18(23)26)19(27)28-10-22-16(24)14-8-4-5-9-15(14)20-21-22/h4-5,8-9,11-13H,2-3,6-7,10H2,1H3/t11-,12-,13+/m0/s1. The van der Waals surface area contributed by atoms with Gasteiger partial charge in [-0.25, -0.2) is 4.79 Å². The van der Waals surface area contributed by atoms with Gasteiger partial charge in [-0.1, -0.05) is 30.2 Å². The Morgan fingerprint density at radius 1 is 1.14 bits per heavy atom. The molecule has 2 heterocycles. The zero-order valence-corrected chi connectivity index (χ0v) is 15.4. The maximum atomic E-state index is 12.6. The monoisotopic (exact) mass is 384 g/mol. The van der Waals surface area contributed by atoms with Gasteiger partial charge in [0.2, 0.25) is 11.8 Å². The number of nitrogens with zero attached hydrogens (tertiary/aromatic N) is 4. The first-order chi connectivity index (χ1) is 13.5.